The molecule has 3 aromatic heterocycles. The average Bonchev–Trinajstić information content (AvgIpc) is 2.99. The Bertz CT molecular complexity index is 687. The second kappa shape index (κ2) is 5.70. The van der Waals surface area contributed by atoms with Crippen molar-refractivity contribution >= 4 is 0 Å². The zero-order valence-electron chi connectivity index (χ0n) is 11.5. The van der Waals surface area contributed by atoms with Crippen LogP contribution in [0.1, 0.15) is 11.1 Å². The summed E-state index contributed by atoms with van der Waals surface area (Å²) in [4.78, 5) is 8.82. The highest BCUT2D eigenvalue weighted by Crippen LogP contribution is 2.16. The third-order valence-electron chi connectivity index (χ3n) is 3.33. The van der Waals surface area contributed by atoms with E-state index in [9.17, 15) is 0 Å². The zero-order valence-corrected chi connectivity index (χ0v) is 11.5. The standard InChI is InChI=1S/C17H17N3/c1-14-4-7-18-16(12-14)17-13-15(5-8-19-17)6-11-20-9-2-3-10-20/h2-5,7-10,12-13H,6,11H2,1H3. The summed E-state index contributed by atoms with van der Waals surface area (Å²) in [6, 6.07) is 12.4. The van der Waals surface area contributed by atoms with E-state index in [1.54, 1.807) is 0 Å². The second-order valence-electron chi connectivity index (χ2n) is 4.94. The molecule has 0 fully saturated rings. The lowest BCUT2D eigenvalue weighted by molar-refractivity contribution is 0.701. The van der Waals surface area contributed by atoms with Gasteiger partial charge in [0, 0.05) is 31.3 Å². The summed E-state index contributed by atoms with van der Waals surface area (Å²) >= 11 is 0. The molecule has 20 heavy (non-hydrogen) atoms. The first-order valence-electron chi connectivity index (χ1n) is 6.80. The fourth-order valence-corrected chi connectivity index (χ4v) is 2.22. The van der Waals surface area contributed by atoms with E-state index >= 15 is 0 Å². The van der Waals surface area contributed by atoms with Gasteiger partial charge in [0.1, 0.15) is 0 Å². The van der Waals surface area contributed by atoms with Gasteiger partial charge in [-0.25, -0.2) is 0 Å². The van der Waals surface area contributed by atoms with Crippen molar-refractivity contribution in [3.8, 4) is 11.4 Å². The monoisotopic (exact) mass is 263 g/mol. The highest BCUT2D eigenvalue weighted by atomic mass is 14.9. The minimum absolute atomic E-state index is 0.938. The van der Waals surface area contributed by atoms with Gasteiger partial charge in [-0.05, 0) is 60.9 Å². The first kappa shape index (κ1) is 12.6. The molecule has 0 atom stereocenters. The number of hydrogen-bond acceptors (Lipinski definition) is 2. The molecule has 0 amide bonds. The van der Waals surface area contributed by atoms with E-state index in [1.165, 1.54) is 11.1 Å². The maximum atomic E-state index is 4.43. The van der Waals surface area contributed by atoms with E-state index in [-0.39, 0.29) is 0 Å². The van der Waals surface area contributed by atoms with Crippen molar-refractivity contribution in [2.24, 2.45) is 0 Å². The van der Waals surface area contributed by atoms with Crippen LogP contribution >= 0.6 is 0 Å². The molecule has 0 saturated heterocycles. The molecular weight excluding hydrogens is 246 g/mol. The number of hydrogen-bond donors (Lipinski definition) is 0. The third-order valence-corrected chi connectivity index (χ3v) is 3.33. The van der Waals surface area contributed by atoms with Crippen LogP contribution in [-0.4, -0.2) is 14.5 Å². The van der Waals surface area contributed by atoms with Crippen molar-refractivity contribution in [3.63, 3.8) is 0 Å². The van der Waals surface area contributed by atoms with Gasteiger partial charge in [-0.15, -0.1) is 0 Å². The summed E-state index contributed by atoms with van der Waals surface area (Å²) in [5, 5.41) is 0. The molecule has 0 saturated carbocycles. The van der Waals surface area contributed by atoms with Crippen LogP contribution in [0.25, 0.3) is 11.4 Å². The minimum Gasteiger partial charge on any atom is -0.354 e. The first-order valence-corrected chi connectivity index (χ1v) is 6.80. The Morgan fingerprint density at radius 3 is 2.40 bits per heavy atom. The summed E-state index contributed by atoms with van der Waals surface area (Å²) in [5.41, 5.74) is 4.37. The molecule has 3 nitrogen and oxygen atoms in total. The zero-order chi connectivity index (χ0) is 13.8. The van der Waals surface area contributed by atoms with Crippen molar-refractivity contribution < 1.29 is 0 Å². The predicted octanol–water partition coefficient (Wildman–Crippen LogP) is 3.50. The van der Waals surface area contributed by atoms with Crippen LogP contribution < -0.4 is 0 Å². The van der Waals surface area contributed by atoms with Gasteiger partial charge in [0.05, 0.1) is 11.4 Å². The van der Waals surface area contributed by atoms with Crippen molar-refractivity contribution in [1.82, 2.24) is 14.5 Å². The van der Waals surface area contributed by atoms with Crippen LogP contribution in [-0.2, 0) is 13.0 Å². The van der Waals surface area contributed by atoms with Gasteiger partial charge in [0.15, 0.2) is 0 Å². The van der Waals surface area contributed by atoms with Crippen molar-refractivity contribution in [2.75, 3.05) is 0 Å². The van der Waals surface area contributed by atoms with E-state index in [0.29, 0.717) is 0 Å². The molecule has 0 spiro atoms. The lowest BCUT2D eigenvalue weighted by atomic mass is 10.1. The van der Waals surface area contributed by atoms with E-state index in [4.69, 9.17) is 0 Å². The Balaban J connectivity index is 1.79. The fraction of sp³-hybridized carbons (Fsp3) is 0.176. The molecule has 0 N–H and O–H groups in total. The highest BCUT2D eigenvalue weighted by Gasteiger charge is 2.03. The Labute approximate surface area is 118 Å². The van der Waals surface area contributed by atoms with Crippen LogP contribution in [0.4, 0.5) is 0 Å². The molecule has 3 aromatic rings. The molecule has 0 aromatic carbocycles. The van der Waals surface area contributed by atoms with Crippen LogP contribution in [0.3, 0.4) is 0 Å². The Morgan fingerprint density at radius 1 is 0.950 bits per heavy atom. The fourth-order valence-electron chi connectivity index (χ4n) is 2.22. The molecule has 0 aliphatic heterocycles. The van der Waals surface area contributed by atoms with Gasteiger partial charge in [-0.1, -0.05) is 0 Å². The van der Waals surface area contributed by atoms with E-state index in [2.05, 4.69) is 64.2 Å². The normalized spacial score (nSPS) is 10.7. The van der Waals surface area contributed by atoms with Crippen LogP contribution in [0.5, 0.6) is 0 Å². The lowest BCUT2D eigenvalue weighted by Crippen LogP contribution is -1.99. The average molecular weight is 263 g/mol. The minimum atomic E-state index is 0.938. The van der Waals surface area contributed by atoms with Gasteiger partial charge < -0.3 is 4.57 Å². The molecule has 0 aliphatic rings. The summed E-state index contributed by atoms with van der Waals surface area (Å²) in [6.07, 6.45) is 8.87. The van der Waals surface area contributed by atoms with Crippen molar-refractivity contribution in [1.29, 1.82) is 0 Å². The number of pyridine rings is 2. The molecular formula is C17H17N3. The third kappa shape index (κ3) is 2.94. The quantitative estimate of drug-likeness (QED) is 0.721. The van der Waals surface area contributed by atoms with Crippen LogP contribution in [0, 0.1) is 6.92 Å². The first-order chi connectivity index (χ1) is 9.81. The highest BCUT2D eigenvalue weighted by molar-refractivity contribution is 5.55. The second-order valence-corrected chi connectivity index (χ2v) is 4.94. The van der Waals surface area contributed by atoms with Crippen molar-refractivity contribution in [3.05, 3.63) is 72.3 Å². The molecule has 0 radical (unpaired) electrons. The van der Waals surface area contributed by atoms with Crippen molar-refractivity contribution in [2.45, 2.75) is 19.9 Å². The molecule has 100 valence electrons. The molecule has 3 heterocycles. The Hall–Kier alpha value is -2.42. The maximum Gasteiger partial charge on any atom is 0.0888 e. The van der Waals surface area contributed by atoms with Crippen LogP contribution in [0.15, 0.2) is 61.2 Å². The van der Waals surface area contributed by atoms with Gasteiger partial charge in [-0.2, -0.15) is 0 Å². The topological polar surface area (TPSA) is 30.7 Å². The Kier molecular flexibility index (Phi) is 3.59. The number of aryl methyl sites for hydroxylation is 3. The SMILES string of the molecule is Cc1ccnc(-c2cc(CCn3cccc3)ccn2)c1. The molecule has 3 rings (SSSR count). The number of aromatic nitrogens is 3. The molecule has 3 heteroatoms. The van der Waals surface area contributed by atoms with E-state index in [0.717, 1.165) is 24.4 Å². The molecule has 0 bridgehead atoms. The molecule has 0 unspecified atom stereocenters. The summed E-state index contributed by atoms with van der Waals surface area (Å²) in [7, 11) is 0. The summed E-state index contributed by atoms with van der Waals surface area (Å²) in [5.74, 6) is 0. The van der Waals surface area contributed by atoms with E-state index in [1.807, 2.05) is 18.5 Å². The number of rotatable bonds is 4. The van der Waals surface area contributed by atoms with Gasteiger partial charge in [-0.3, -0.25) is 9.97 Å². The Morgan fingerprint density at radius 2 is 1.65 bits per heavy atom. The largest absolute Gasteiger partial charge is 0.354 e. The van der Waals surface area contributed by atoms with Gasteiger partial charge >= 0.3 is 0 Å². The smallest absolute Gasteiger partial charge is 0.0888 e. The summed E-state index contributed by atoms with van der Waals surface area (Å²) < 4.78 is 2.19. The van der Waals surface area contributed by atoms with Gasteiger partial charge in [0.2, 0.25) is 0 Å². The lowest BCUT2D eigenvalue weighted by Gasteiger charge is -2.06. The summed E-state index contributed by atoms with van der Waals surface area (Å²) in [6.45, 7) is 3.05. The van der Waals surface area contributed by atoms with Gasteiger partial charge in [0.25, 0.3) is 0 Å². The maximum absolute atomic E-state index is 4.43. The van der Waals surface area contributed by atoms with E-state index < -0.39 is 0 Å². The number of nitrogens with zero attached hydrogens (tertiary/aromatic N) is 3. The van der Waals surface area contributed by atoms with Crippen LogP contribution in [0.2, 0.25) is 0 Å². The predicted molar refractivity (Wildman–Crippen MR) is 80.3 cm³/mol. The molecule has 0 aliphatic carbocycles.